The van der Waals surface area contributed by atoms with Crippen LogP contribution >= 0.6 is 0 Å². The van der Waals surface area contributed by atoms with Crippen molar-refractivity contribution < 1.29 is 0 Å². The zero-order chi connectivity index (χ0) is 12.3. The van der Waals surface area contributed by atoms with Gasteiger partial charge in [-0.2, -0.15) is 5.10 Å². The van der Waals surface area contributed by atoms with Crippen molar-refractivity contribution in [2.24, 2.45) is 17.6 Å². The van der Waals surface area contributed by atoms with Crippen molar-refractivity contribution in [3.8, 4) is 0 Å². The van der Waals surface area contributed by atoms with E-state index in [4.69, 9.17) is 10.8 Å². The fourth-order valence-electron chi connectivity index (χ4n) is 2.72. The van der Waals surface area contributed by atoms with Crippen molar-refractivity contribution in [1.82, 2.24) is 9.78 Å². The van der Waals surface area contributed by atoms with Crippen molar-refractivity contribution in [3.05, 3.63) is 18.0 Å². The van der Waals surface area contributed by atoms with Gasteiger partial charge in [-0.3, -0.25) is 4.68 Å². The molecule has 1 saturated carbocycles. The molecule has 0 aliphatic heterocycles. The summed E-state index contributed by atoms with van der Waals surface area (Å²) in [6.45, 7) is 5.24. The number of nitrogens with zero attached hydrogens (tertiary/aromatic N) is 2. The van der Waals surface area contributed by atoms with Crippen molar-refractivity contribution in [3.63, 3.8) is 0 Å². The Morgan fingerprint density at radius 2 is 2.12 bits per heavy atom. The minimum Gasteiger partial charge on any atom is -0.330 e. The molecule has 1 aromatic heterocycles. The van der Waals surface area contributed by atoms with Gasteiger partial charge >= 0.3 is 0 Å². The van der Waals surface area contributed by atoms with Crippen LogP contribution in [0.2, 0.25) is 0 Å². The number of hydrogen-bond acceptors (Lipinski definition) is 2. The predicted octanol–water partition coefficient (Wildman–Crippen LogP) is 2.77. The molecule has 1 heterocycles. The van der Waals surface area contributed by atoms with E-state index in [1.54, 1.807) is 0 Å². The first-order valence-electron chi connectivity index (χ1n) is 6.94. The topological polar surface area (TPSA) is 43.8 Å². The van der Waals surface area contributed by atoms with Gasteiger partial charge in [0.2, 0.25) is 0 Å². The first-order valence-corrected chi connectivity index (χ1v) is 6.94. The average Bonchev–Trinajstić information content (AvgIpc) is 2.95. The molecular weight excluding hydrogens is 210 g/mol. The Hall–Kier alpha value is -0.830. The SMILES string of the molecule is CC(C)C(CN)Cc1ccn(C2CCCC2)n1. The van der Waals surface area contributed by atoms with Crippen LogP contribution in [0.3, 0.4) is 0 Å². The quantitative estimate of drug-likeness (QED) is 0.853. The van der Waals surface area contributed by atoms with Gasteiger partial charge in [-0.05, 0) is 43.7 Å². The highest BCUT2D eigenvalue weighted by molar-refractivity contribution is 5.02. The molecule has 0 radical (unpaired) electrons. The van der Waals surface area contributed by atoms with Gasteiger partial charge in [0.05, 0.1) is 11.7 Å². The summed E-state index contributed by atoms with van der Waals surface area (Å²) in [5, 5.41) is 4.72. The van der Waals surface area contributed by atoms with Crippen LogP contribution in [0.1, 0.15) is 51.3 Å². The third kappa shape index (κ3) is 3.09. The van der Waals surface area contributed by atoms with Gasteiger partial charge in [0.15, 0.2) is 0 Å². The summed E-state index contributed by atoms with van der Waals surface area (Å²) in [4.78, 5) is 0. The average molecular weight is 235 g/mol. The second-order valence-corrected chi connectivity index (χ2v) is 5.67. The highest BCUT2D eigenvalue weighted by Crippen LogP contribution is 2.29. The molecule has 0 aromatic carbocycles. The second-order valence-electron chi connectivity index (χ2n) is 5.67. The van der Waals surface area contributed by atoms with E-state index in [2.05, 4.69) is 30.8 Å². The third-order valence-corrected chi connectivity index (χ3v) is 4.08. The molecule has 0 bridgehead atoms. The lowest BCUT2D eigenvalue weighted by Gasteiger charge is -2.17. The summed E-state index contributed by atoms with van der Waals surface area (Å²) in [5.41, 5.74) is 7.03. The third-order valence-electron chi connectivity index (χ3n) is 4.08. The fraction of sp³-hybridized carbons (Fsp3) is 0.786. The van der Waals surface area contributed by atoms with E-state index < -0.39 is 0 Å². The molecule has 3 heteroatoms. The Balaban J connectivity index is 1.97. The van der Waals surface area contributed by atoms with Crippen LogP contribution in [-0.4, -0.2) is 16.3 Å². The Kier molecular flexibility index (Phi) is 4.21. The molecule has 1 fully saturated rings. The molecule has 1 atom stereocenters. The minimum absolute atomic E-state index is 0.557. The molecular formula is C14H25N3. The highest BCUT2D eigenvalue weighted by atomic mass is 15.3. The summed E-state index contributed by atoms with van der Waals surface area (Å²) in [6, 6.07) is 2.82. The van der Waals surface area contributed by atoms with Crippen LogP contribution in [0.5, 0.6) is 0 Å². The van der Waals surface area contributed by atoms with Crippen LogP contribution in [0, 0.1) is 11.8 Å². The van der Waals surface area contributed by atoms with Gasteiger partial charge in [-0.15, -0.1) is 0 Å². The molecule has 0 saturated heterocycles. The molecule has 96 valence electrons. The Morgan fingerprint density at radius 3 is 2.71 bits per heavy atom. The lowest BCUT2D eigenvalue weighted by Crippen LogP contribution is -2.22. The normalized spacial score (nSPS) is 19.1. The van der Waals surface area contributed by atoms with E-state index in [-0.39, 0.29) is 0 Å². The molecule has 1 aromatic rings. The van der Waals surface area contributed by atoms with E-state index in [0.29, 0.717) is 17.9 Å². The van der Waals surface area contributed by atoms with E-state index >= 15 is 0 Å². The molecule has 1 aliphatic rings. The van der Waals surface area contributed by atoms with Gasteiger partial charge in [0.25, 0.3) is 0 Å². The Labute approximate surface area is 104 Å². The van der Waals surface area contributed by atoms with Crippen molar-refractivity contribution >= 4 is 0 Å². The molecule has 17 heavy (non-hydrogen) atoms. The molecule has 2 N–H and O–H groups in total. The van der Waals surface area contributed by atoms with Crippen LogP contribution in [-0.2, 0) is 6.42 Å². The van der Waals surface area contributed by atoms with Gasteiger partial charge in [0.1, 0.15) is 0 Å². The smallest absolute Gasteiger partial charge is 0.0628 e. The zero-order valence-corrected chi connectivity index (χ0v) is 11.1. The molecule has 1 aliphatic carbocycles. The largest absolute Gasteiger partial charge is 0.330 e. The van der Waals surface area contributed by atoms with Gasteiger partial charge < -0.3 is 5.73 Å². The summed E-state index contributed by atoms with van der Waals surface area (Å²) < 4.78 is 2.18. The van der Waals surface area contributed by atoms with E-state index in [0.717, 1.165) is 13.0 Å². The van der Waals surface area contributed by atoms with Crippen LogP contribution in [0.4, 0.5) is 0 Å². The predicted molar refractivity (Wildman–Crippen MR) is 70.8 cm³/mol. The van der Waals surface area contributed by atoms with Gasteiger partial charge in [-0.25, -0.2) is 0 Å². The maximum absolute atomic E-state index is 5.82. The molecule has 0 amide bonds. The molecule has 1 unspecified atom stereocenters. The van der Waals surface area contributed by atoms with E-state index in [1.807, 2.05) is 0 Å². The number of nitrogens with two attached hydrogens (primary N) is 1. The van der Waals surface area contributed by atoms with E-state index in [1.165, 1.54) is 31.4 Å². The first kappa shape index (κ1) is 12.6. The Morgan fingerprint density at radius 1 is 1.41 bits per heavy atom. The molecule has 0 spiro atoms. The van der Waals surface area contributed by atoms with Crippen molar-refractivity contribution in [2.45, 2.75) is 52.0 Å². The second kappa shape index (κ2) is 5.67. The highest BCUT2D eigenvalue weighted by Gasteiger charge is 2.19. The number of rotatable bonds is 5. The zero-order valence-electron chi connectivity index (χ0n) is 11.1. The van der Waals surface area contributed by atoms with Crippen molar-refractivity contribution in [1.29, 1.82) is 0 Å². The lowest BCUT2D eigenvalue weighted by molar-refractivity contribution is 0.383. The summed E-state index contributed by atoms with van der Waals surface area (Å²) in [6.07, 6.45) is 8.49. The fourth-order valence-corrected chi connectivity index (χ4v) is 2.72. The van der Waals surface area contributed by atoms with E-state index in [9.17, 15) is 0 Å². The lowest BCUT2D eigenvalue weighted by atomic mass is 9.91. The standard InChI is InChI=1S/C14H25N3/c1-11(2)12(10-15)9-13-7-8-17(16-13)14-5-3-4-6-14/h7-8,11-12,14H,3-6,9-10,15H2,1-2H3. The first-order chi connectivity index (χ1) is 8.20. The van der Waals surface area contributed by atoms with Gasteiger partial charge in [-0.1, -0.05) is 26.7 Å². The Bertz CT molecular complexity index is 337. The van der Waals surface area contributed by atoms with Crippen molar-refractivity contribution in [2.75, 3.05) is 6.54 Å². The summed E-state index contributed by atoms with van der Waals surface area (Å²) >= 11 is 0. The maximum Gasteiger partial charge on any atom is 0.0628 e. The van der Waals surface area contributed by atoms with Gasteiger partial charge in [0, 0.05) is 6.20 Å². The number of hydrogen-bond donors (Lipinski definition) is 1. The summed E-state index contributed by atoms with van der Waals surface area (Å²) in [7, 11) is 0. The molecule has 3 nitrogen and oxygen atoms in total. The van der Waals surface area contributed by atoms with Crippen LogP contribution < -0.4 is 5.73 Å². The number of aromatic nitrogens is 2. The van der Waals surface area contributed by atoms with Crippen LogP contribution in [0.15, 0.2) is 12.3 Å². The summed E-state index contributed by atoms with van der Waals surface area (Å²) in [5.74, 6) is 1.19. The van der Waals surface area contributed by atoms with Crippen LogP contribution in [0.25, 0.3) is 0 Å². The molecule has 2 rings (SSSR count). The monoisotopic (exact) mass is 235 g/mol. The maximum atomic E-state index is 5.82. The minimum atomic E-state index is 0.557.